The number of aromatic nitrogens is 1. The Hall–Kier alpha value is -2.30. The topological polar surface area (TPSA) is 74.0 Å². The highest BCUT2D eigenvalue weighted by atomic mass is 16.2. The number of rotatable bonds is 5. The molecule has 5 nitrogen and oxygen atoms in total. The van der Waals surface area contributed by atoms with E-state index in [0.717, 1.165) is 42.1 Å². The van der Waals surface area contributed by atoms with E-state index in [1.165, 1.54) is 26.2 Å². The number of hydrogen-bond acceptors (Lipinski definition) is 2. The van der Waals surface area contributed by atoms with Gasteiger partial charge in [-0.25, -0.2) is 0 Å². The molecule has 0 spiro atoms. The molecule has 3 rings (SSSR count). The van der Waals surface area contributed by atoms with E-state index in [9.17, 15) is 9.59 Å². The first-order valence-electron chi connectivity index (χ1n) is 9.76. The number of benzene rings is 1. The number of hydrogen-bond donors (Lipinski definition) is 3. The second-order valence-corrected chi connectivity index (χ2v) is 7.37. The lowest BCUT2D eigenvalue weighted by Gasteiger charge is -2.24. The molecule has 1 aromatic carbocycles. The maximum Gasteiger partial charge on any atom is 0.243 e. The van der Waals surface area contributed by atoms with Gasteiger partial charge >= 0.3 is 0 Å². The van der Waals surface area contributed by atoms with Crippen LogP contribution in [0.15, 0.2) is 30.5 Å². The minimum absolute atomic E-state index is 0.0731. The predicted octanol–water partition coefficient (Wildman–Crippen LogP) is 3.44. The molecule has 0 saturated heterocycles. The number of carbonyl (C=O) groups is 2. The summed E-state index contributed by atoms with van der Waals surface area (Å²) in [6, 6.07) is 7.70. The van der Waals surface area contributed by atoms with E-state index < -0.39 is 6.04 Å². The first-order chi connectivity index (χ1) is 12.6. The van der Waals surface area contributed by atoms with Gasteiger partial charge in [-0.3, -0.25) is 9.59 Å². The molecule has 2 aromatic rings. The van der Waals surface area contributed by atoms with Crippen LogP contribution in [0.2, 0.25) is 0 Å². The summed E-state index contributed by atoms with van der Waals surface area (Å²) < 4.78 is 0. The molecule has 0 bridgehead atoms. The van der Waals surface area contributed by atoms with E-state index in [4.69, 9.17) is 0 Å². The number of amides is 2. The van der Waals surface area contributed by atoms with Crippen molar-refractivity contribution in [1.82, 2.24) is 15.6 Å². The fourth-order valence-electron chi connectivity index (χ4n) is 3.88. The zero-order valence-electron chi connectivity index (χ0n) is 15.5. The third-order valence-corrected chi connectivity index (χ3v) is 5.24. The molecule has 140 valence electrons. The second kappa shape index (κ2) is 8.88. The van der Waals surface area contributed by atoms with E-state index in [1.54, 1.807) is 0 Å². The van der Waals surface area contributed by atoms with E-state index in [-0.39, 0.29) is 17.9 Å². The normalized spacial score (nSPS) is 17.3. The molecule has 1 aromatic heterocycles. The lowest BCUT2D eigenvalue weighted by molar-refractivity contribution is -0.128. The molecule has 0 aliphatic heterocycles. The molecule has 1 atom stereocenters. The third-order valence-electron chi connectivity index (χ3n) is 5.24. The van der Waals surface area contributed by atoms with Crippen LogP contribution in [0.5, 0.6) is 0 Å². The van der Waals surface area contributed by atoms with Crippen molar-refractivity contribution in [3.05, 3.63) is 36.0 Å². The summed E-state index contributed by atoms with van der Waals surface area (Å²) in [4.78, 5) is 27.8. The predicted molar refractivity (Wildman–Crippen MR) is 104 cm³/mol. The maximum atomic E-state index is 12.9. The van der Waals surface area contributed by atoms with Gasteiger partial charge < -0.3 is 15.6 Å². The highest BCUT2D eigenvalue weighted by Crippen LogP contribution is 2.20. The lowest BCUT2D eigenvalue weighted by atomic mass is 9.96. The van der Waals surface area contributed by atoms with E-state index >= 15 is 0 Å². The Bertz CT molecular complexity index is 745. The summed E-state index contributed by atoms with van der Waals surface area (Å²) in [6.45, 7) is 1.46. The molecule has 1 aliphatic rings. The number of nitrogens with one attached hydrogen (secondary N) is 3. The number of H-pyrrole nitrogens is 1. The maximum absolute atomic E-state index is 12.9. The van der Waals surface area contributed by atoms with Crippen molar-refractivity contribution in [3.8, 4) is 0 Å². The van der Waals surface area contributed by atoms with Crippen molar-refractivity contribution in [2.75, 3.05) is 0 Å². The van der Waals surface area contributed by atoms with Gasteiger partial charge in [0.1, 0.15) is 6.04 Å². The molecule has 0 radical (unpaired) electrons. The van der Waals surface area contributed by atoms with Crippen LogP contribution in [0.1, 0.15) is 57.4 Å². The first kappa shape index (κ1) is 18.5. The Morgan fingerprint density at radius 3 is 2.54 bits per heavy atom. The molecule has 2 amide bonds. The summed E-state index contributed by atoms with van der Waals surface area (Å²) in [7, 11) is 0. The molecule has 0 unspecified atom stereocenters. The molecule has 1 aliphatic carbocycles. The highest BCUT2D eigenvalue weighted by Gasteiger charge is 2.24. The van der Waals surface area contributed by atoms with Crippen molar-refractivity contribution < 1.29 is 9.59 Å². The van der Waals surface area contributed by atoms with E-state index in [1.807, 2.05) is 30.5 Å². The van der Waals surface area contributed by atoms with Gasteiger partial charge in [-0.2, -0.15) is 0 Å². The van der Waals surface area contributed by atoms with Gasteiger partial charge in [-0.1, -0.05) is 50.3 Å². The van der Waals surface area contributed by atoms with Crippen LogP contribution >= 0.6 is 0 Å². The summed E-state index contributed by atoms with van der Waals surface area (Å²) in [6.07, 6.45) is 10.6. The van der Waals surface area contributed by atoms with Crippen LogP contribution in [-0.2, 0) is 16.0 Å². The van der Waals surface area contributed by atoms with Crippen LogP contribution in [0.25, 0.3) is 10.9 Å². The number of para-hydroxylation sites is 1. The molecule has 3 N–H and O–H groups in total. The van der Waals surface area contributed by atoms with Gasteiger partial charge in [0.25, 0.3) is 0 Å². The third kappa shape index (κ3) is 4.87. The van der Waals surface area contributed by atoms with Crippen molar-refractivity contribution in [2.24, 2.45) is 0 Å². The van der Waals surface area contributed by atoms with Crippen molar-refractivity contribution >= 4 is 22.7 Å². The smallest absolute Gasteiger partial charge is 0.243 e. The fraction of sp³-hybridized carbons (Fsp3) is 0.524. The van der Waals surface area contributed by atoms with Gasteiger partial charge in [0.15, 0.2) is 0 Å². The Morgan fingerprint density at radius 2 is 1.81 bits per heavy atom. The number of aromatic amines is 1. The summed E-state index contributed by atoms with van der Waals surface area (Å²) in [5.41, 5.74) is 2.09. The van der Waals surface area contributed by atoms with Gasteiger partial charge in [0.2, 0.25) is 11.8 Å². The van der Waals surface area contributed by atoms with Crippen LogP contribution in [0, 0.1) is 0 Å². The van der Waals surface area contributed by atoms with Crippen LogP contribution in [0.3, 0.4) is 0 Å². The zero-order valence-corrected chi connectivity index (χ0v) is 15.5. The van der Waals surface area contributed by atoms with Gasteiger partial charge in [0, 0.05) is 36.5 Å². The Morgan fingerprint density at radius 1 is 1.12 bits per heavy atom. The van der Waals surface area contributed by atoms with E-state index in [0.29, 0.717) is 6.42 Å². The molecular formula is C21H29N3O2. The monoisotopic (exact) mass is 355 g/mol. The minimum Gasteiger partial charge on any atom is -0.361 e. The fourth-order valence-corrected chi connectivity index (χ4v) is 3.88. The number of carbonyl (C=O) groups excluding carboxylic acids is 2. The van der Waals surface area contributed by atoms with Crippen molar-refractivity contribution in [1.29, 1.82) is 0 Å². The Labute approximate surface area is 154 Å². The minimum atomic E-state index is -0.544. The van der Waals surface area contributed by atoms with Crippen LogP contribution < -0.4 is 10.6 Å². The average molecular weight is 355 g/mol. The van der Waals surface area contributed by atoms with Crippen molar-refractivity contribution in [3.63, 3.8) is 0 Å². The SMILES string of the molecule is CC(=O)N[C@@H](Cc1c[nH]c2ccccc12)C(=O)NC1CCCCCCC1. The molecule has 1 saturated carbocycles. The zero-order chi connectivity index (χ0) is 18.4. The number of fused-ring (bicyclic) bond motifs is 1. The standard InChI is InChI=1S/C21H29N3O2/c1-15(25)23-20(13-16-14-22-19-12-8-7-11-18(16)19)21(26)24-17-9-5-3-2-4-6-10-17/h7-8,11-12,14,17,20,22H,2-6,9-10,13H2,1H3,(H,23,25)(H,24,26)/t20-/m0/s1. The van der Waals surface area contributed by atoms with Crippen LogP contribution in [0.4, 0.5) is 0 Å². The quantitative estimate of drug-likeness (QED) is 0.768. The largest absolute Gasteiger partial charge is 0.361 e. The average Bonchev–Trinajstić information content (AvgIpc) is 2.99. The Kier molecular flexibility index (Phi) is 6.31. The molecule has 5 heteroatoms. The summed E-state index contributed by atoms with van der Waals surface area (Å²) >= 11 is 0. The molecule has 1 fully saturated rings. The molecule has 1 heterocycles. The molecular weight excluding hydrogens is 326 g/mol. The second-order valence-electron chi connectivity index (χ2n) is 7.37. The van der Waals surface area contributed by atoms with Gasteiger partial charge in [0.05, 0.1) is 0 Å². The Balaban J connectivity index is 1.70. The molecule has 26 heavy (non-hydrogen) atoms. The highest BCUT2D eigenvalue weighted by molar-refractivity contribution is 5.89. The summed E-state index contributed by atoms with van der Waals surface area (Å²) in [5.74, 6) is -0.251. The lowest BCUT2D eigenvalue weighted by Crippen LogP contribution is -2.50. The van der Waals surface area contributed by atoms with Gasteiger partial charge in [-0.15, -0.1) is 0 Å². The summed E-state index contributed by atoms with van der Waals surface area (Å²) in [5, 5.41) is 7.12. The van der Waals surface area contributed by atoms with Crippen LogP contribution in [-0.4, -0.2) is 28.9 Å². The first-order valence-corrected chi connectivity index (χ1v) is 9.76. The van der Waals surface area contributed by atoms with Crippen molar-refractivity contribution in [2.45, 2.75) is 70.4 Å². The van der Waals surface area contributed by atoms with E-state index in [2.05, 4.69) is 15.6 Å². The van der Waals surface area contributed by atoms with Gasteiger partial charge in [-0.05, 0) is 24.5 Å².